The van der Waals surface area contributed by atoms with Crippen LogP contribution in [0.15, 0.2) is 42.6 Å². The molecule has 0 atom stereocenters. The quantitative estimate of drug-likeness (QED) is 0.856. The molecule has 0 bridgehead atoms. The molecule has 2 aromatic rings. The largest absolute Gasteiger partial charge is 0.489 e. The molecule has 0 fully saturated rings. The number of thiocarbonyl (C=S) groups is 1. The molecule has 1 aromatic carbocycles. The molecule has 4 nitrogen and oxygen atoms in total. The Morgan fingerprint density at radius 3 is 2.80 bits per heavy atom. The summed E-state index contributed by atoms with van der Waals surface area (Å²) in [4.78, 5) is 6.49. The summed E-state index contributed by atoms with van der Waals surface area (Å²) in [6.45, 7) is 0.386. The number of anilines is 1. The van der Waals surface area contributed by atoms with Gasteiger partial charge in [-0.05, 0) is 18.2 Å². The molecule has 0 aliphatic heterocycles. The summed E-state index contributed by atoms with van der Waals surface area (Å²) in [7, 11) is 3.98. The van der Waals surface area contributed by atoms with Crippen molar-refractivity contribution >= 4 is 22.9 Å². The van der Waals surface area contributed by atoms with Gasteiger partial charge in [-0.1, -0.05) is 24.4 Å². The van der Waals surface area contributed by atoms with E-state index in [1.54, 1.807) is 6.20 Å². The molecule has 20 heavy (non-hydrogen) atoms. The molecule has 0 aliphatic rings. The number of aromatic nitrogens is 1. The minimum absolute atomic E-state index is 0.284. The van der Waals surface area contributed by atoms with E-state index in [4.69, 9.17) is 22.7 Å². The van der Waals surface area contributed by atoms with Gasteiger partial charge in [0.15, 0.2) is 0 Å². The third kappa shape index (κ3) is 3.45. The monoisotopic (exact) mass is 287 g/mol. The predicted octanol–water partition coefficient (Wildman–Crippen LogP) is 2.36. The van der Waals surface area contributed by atoms with E-state index in [0.717, 1.165) is 17.0 Å². The van der Waals surface area contributed by atoms with Gasteiger partial charge >= 0.3 is 0 Å². The van der Waals surface area contributed by atoms with Crippen molar-refractivity contribution in [3.63, 3.8) is 0 Å². The summed E-state index contributed by atoms with van der Waals surface area (Å²) in [5.74, 6) is 0.800. The van der Waals surface area contributed by atoms with Crippen molar-refractivity contribution in [3.8, 4) is 5.75 Å². The van der Waals surface area contributed by atoms with Crippen molar-refractivity contribution < 1.29 is 4.74 Å². The van der Waals surface area contributed by atoms with Crippen LogP contribution >= 0.6 is 12.2 Å². The van der Waals surface area contributed by atoms with Crippen molar-refractivity contribution in [1.29, 1.82) is 0 Å². The van der Waals surface area contributed by atoms with Crippen LogP contribution in [0.3, 0.4) is 0 Å². The summed E-state index contributed by atoms with van der Waals surface area (Å²) in [6, 6.07) is 11.6. The summed E-state index contributed by atoms with van der Waals surface area (Å²) in [6.07, 6.45) is 1.67. The highest BCUT2D eigenvalue weighted by Gasteiger charge is 2.07. The number of hydrogen-bond donors (Lipinski definition) is 1. The maximum Gasteiger partial charge on any atom is 0.123 e. The van der Waals surface area contributed by atoms with Crippen molar-refractivity contribution in [3.05, 3.63) is 53.9 Å². The predicted molar refractivity (Wildman–Crippen MR) is 85.2 cm³/mol. The van der Waals surface area contributed by atoms with Crippen LogP contribution in [-0.2, 0) is 6.61 Å². The van der Waals surface area contributed by atoms with Crippen molar-refractivity contribution in [1.82, 2.24) is 4.98 Å². The van der Waals surface area contributed by atoms with Crippen LogP contribution < -0.4 is 15.4 Å². The molecular formula is C15H17N3OS. The molecule has 2 rings (SSSR count). The number of rotatable bonds is 5. The smallest absolute Gasteiger partial charge is 0.123 e. The van der Waals surface area contributed by atoms with Gasteiger partial charge in [0.25, 0.3) is 0 Å². The topological polar surface area (TPSA) is 51.4 Å². The fourth-order valence-corrected chi connectivity index (χ4v) is 1.97. The lowest BCUT2D eigenvalue weighted by Gasteiger charge is -2.14. The molecule has 0 saturated heterocycles. The number of benzene rings is 1. The van der Waals surface area contributed by atoms with E-state index in [0.29, 0.717) is 12.3 Å². The van der Waals surface area contributed by atoms with Crippen LogP contribution in [0.5, 0.6) is 5.75 Å². The normalized spacial score (nSPS) is 10.1. The molecule has 1 aromatic heterocycles. The van der Waals surface area contributed by atoms with E-state index in [1.165, 1.54) is 0 Å². The van der Waals surface area contributed by atoms with Gasteiger partial charge in [0.05, 0.1) is 0 Å². The van der Waals surface area contributed by atoms with E-state index in [9.17, 15) is 0 Å². The van der Waals surface area contributed by atoms with Gasteiger partial charge in [-0.15, -0.1) is 0 Å². The second-order valence-corrected chi connectivity index (χ2v) is 5.00. The number of ether oxygens (including phenoxy) is 1. The Morgan fingerprint density at radius 2 is 2.10 bits per heavy atom. The van der Waals surface area contributed by atoms with E-state index < -0.39 is 0 Å². The van der Waals surface area contributed by atoms with Crippen LogP contribution in [0.2, 0.25) is 0 Å². The second-order valence-electron chi connectivity index (χ2n) is 4.56. The Morgan fingerprint density at radius 1 is 1.30 bits per heavy atom. The Kier molecular flexibility index (Phi) is 4.53. The van der Waals surface area contributed by atoms with Crippen LogP contribution in [0.25, 0.3) is 0 Å². The highest BCUT2D eigenvalue weighted by molar-refractivity contribution is 7.80. The van der Waals surface area contributed by atoms with Crippen molar-refractivity contribution in [2.45, 2.75) is 6.61 Å². The fourth-order valence-electron chi connectivity index (χ4n) is 1.79. The van der Waals surface area contributed by atoms with Gasteiger partial charge in [-0.25, -0.2) is 0 Å². The average Bonchev–Trinajstić information content (AvgIpc) is 2.45. The Bertz CT molecular complexity index is 614. The maximum absolute atomic E-state index is 5.79. The molecule has 0 unspecified atom stereocenters. The standard InChI is InChI=1S/C15H17N3OS/c1-18(2)12-6-3-7-13(9-12)19-10-11-5-4-8-17-14(11)15(16)20/h3-9H,10H2,1-2H3,(H2,16,20). The lowest BCUT2D eigenvalue weighted by Crippen LogP contribution is -2.15. The van der Waals surface area contributed by atoms with Gasteiger partial charge in [0.2, 0.25) is 0 Å². The molecule has 0 aliphatic carbocycles. The van der Waals surface area contributed by atoms with E-state index in [1.807, 2.05) is 55.4 Å². The Labute approximate surface area is 124 Å². The summed E-state index contributed by atoms with van der Waals surface area (Å²) >= 11 is 4.99. The van der Waals surface area contributed by atoms with Gasteiger partial charge < -0.3 is 15.4 Å². The average molecular weight is 287 g/mol. The highest BCUT2D eigenvalue weighted by Crippen LogP contribution is 2.20. The fraction of sp³-hybridized carbons (Fsp3) is 0.200. The van der Waals surface area contributed by atoms with Gasteiger partial charge in [0, 0.05) is 37.6 Å². The molecule has 0 saturated carbocycles. The lowest BCUT2D eigenvalue weighted by molar-refractivity contribution is 0.305. The molecule has 104 valence electrons. The SMILES string of the molecule is CN(C)c1cccc(OCc2cccnc2C(N)=S)c1. The third-order valence-corrected chi connectivity index (χ3v) is 3.05. The zero-order chi connectivity index (χ0) is 14.5. The van der Waals surface area contributed by atoms with Crippen LogP contribution in [0.4, 0.5) is 5.69 Å². The first-order valence-corrected chi connectivity index (χ1v) is 6.62. The molecule has 2 N–H and O–H groups in total. The Hall–Kier alpha value is -2.14. The highest BCUT2D eigenvalue weighted by atomic mass is 32.1. The van der Waals surface area contributed by atoms with Gasteiger partial charge in [-0.3, -0.25) is 4.98 Å². The maximum atomic E-state index is 5.79. The third-order valence-electron chi connectivity index (χ3n) is 2.85. The second kappa shape index (κ2) is 6.34. The van der Waals surface area contributed by atoms with Crippen LogP contribution in [0.1, 0.15) is 11.3 Å². The van der Waals surface area contributed by atoms with Crippen LogP contribution in [-0.4, -0.2) is 24.1 Å². The molecular weight excluding hydrogens is 270 g/mol. The van der Waals surface area contributed by atoms with E-state index in [2.05, 4.69) is 4.98 Å². The van der Waals surface area contributed by atoms with Crippen molar-refractivity contribution in [2.24, 2.45) is 5.73 Å². The summed E-state index contributed by atoms with van der Waals surface area (Å²) in [5.41, 5.74) is 8.24. The van der Waals surface area contributed by atoms with Crippen molar-refractivity contribution in [2.75, 3.05) is 19.0 Å². The zero-order valence-corrected chi connectivity index (χ0v) is 12.4. The number of hydrogen-bond acceptors (Lipinski definition) is 4. The van der Waals surface area contributed by atoms with Gasteiger partial charge in [-0.2, -0.15) is 0 Å². The molecule has 5 heteroatoms. The molecule has 1 heterocycles. The minimum Gasteiger partial charge on any atom is -0.489 e. The van der Waals surface area contributed by atoms with Crippen LogP contribution in [0, 0.1) is 0 Å². The summed E-state index contributed by atoms with van der Waals surface area (Å²) in [5, 5.41) is 0. The minimum atomic E-state index is 0.284. The van der Waals surface area contributed by atoms with E-state index in [-0.39, 0.29) is 4.99 Å². The summed E-state index contributed by atoms with van der Waals surface area (Å²) < 4.78 is 5.79. The molecule has 0 radical (unpaired) electrons. The first kappa shape index (κ1) is 14.3. The first-order valence-electron chi connectivity index (χ1n) is 6.22. The number of nitrogens with two attached hydrogens (primary N) is 1. The molecule has 0 amide bonds. The van der Waals surface area contributed by atoms with Gasteiger partial charge in [0.1, 0.15) is 23.0 Å². The molecule has 0 spiro atoms. The lowest BCUT2D eigenvalue weighted by atomic mass is 10.2. The zero-order valence-electron chi connectivity index (χ0n) is 11.5. The van der Waals surface area contributed by atoms with E-state index >= 15 is 0 Å². The Balaban J connectivity index is 2.13. The first-order chi connectivity index (χ1) is 9.58. The number of pyridine rings is 1. The number of nitrogens with zero attached hydrogens (tertiary/aromatic N) is 2.